The van der Waals surface area contributed by atoms with E-state index in [2.05, 4.69) is 20.7 Å². The number of fused-ring (bicyclic) bond motifs is 1. The molecule has 5 rings (SSSR count). The predicted molar refractivity (Wildman–Crippen MR) is 132 cm³/mol. The number of anilines is 2. The van der Waals surface area contributed by atoms with Crippen molar-refractivity contribution in [2.24, 2.45) is 0 Å². The van der Waals surface area contributed by atoms with E-state index >= 15 is 0 Å². The van der Waals surface area contributed by atoms with E-state index < -0.39 is 17.8 Å². The molecule has 0 spiro atoms. The largest absolute Gasteiger partial charge is 0.324 e. The topological polar surface area (TPSA) is 71.8 Å². The second kappa shape index (κ2) is 8.93. The van der Waals surface area contributed by atoms with Crippen LogP contribution < -0.4 is 10.6 Å². The van der Waals surface area contributed by atoms with Crippen LogP contribution in [-0.4, -0.2) is 20.7 Å². The van der Waals surface area contributed by atoms with Gasteiger partial charge in [0.25, 0.3) is 11.9 Å². The highest BCUT2D eigenvalue weighted by molar-refractivity contribution is 6.31. The summed E-state index contributed by atoms with van der Waals surface area (Å²) in [5.74, 6) is -0.453. The second-order valence-corrected chi connectivity index (χ2v) is 8.66. The maximum atomic E-state index is 14.9. The highest BCUT2D eigenvalue weighted by atomic mass is 35.5. The van der Waals surface area contributed by atoms with Crippen molar-refractivity contribution in [3.63, 3.8) is 0 Å². The maximum Gasteiger partial charge on any atom is 0.258 e. The molecule has 2 N–H and O–H groups in total. The molecule has 34 heavy (non-hydrogen) atoms. The van der Waals surface area contributed by atoms with Gasteiger partial charge in [-0.1, -0.05) is 59.1 Å². The van der Waals surface area contributed by atoms with Gasteiger partial charge in [0, 0.05) is 26.9 Å². The first-order valence-electron chi connectivity index (χ1n) is 10.4. The van der Waals surface area contributed by atoms with Crippen LogP contribution in [0.3, 0.4) is 0 Å². The number of halogens is 3. The van der Waals surface area contributed by atoms with Crippen LogP contribution in [0.5, 0.6) is 0 Å². The molecule has 4 aromatic rings. The van der Waals surface area contributed by atoms with Gasteiger partial charge in [0.1, 0.15) is 11.9 Å². The van der Waals surface area contributed by atoms with Crippen LogP contribution in [0.15, 0.2) is 72.8 Å². The van der Waals surface area contributed by atoms with Gasteiger partial charge in [0.15, 0.2) is 0 Å². The number of amides is 1. The smallest absolute Gasteiger partial charge is 0.258 e. The van der Waals surface area contributed by atoms with Crippen molar-refractivity contribution in [2.45, 2.75) is 13.0 Å². The number of carbonyl (C=O) groups is 1. The van der Waals surface area contributed by atoms with Crippen molar-refractivity contribution >= 4 is 46.7 Å². The van der Waals surface area contributed by atoms with Crippen LogP contribution in [0.2, 0.25) is 10.0 Å². The Morgan fingerprint density at radius 1 is 1.06 bits per heavy atom. The SMILES string of the molecule is Cc1ccc(C2=C[C@H](c3c(F)cccc3Cl)n3nc(NC(=O)c4ccc(Cl)cc4)nc3N2)cc1. The van der Waals surface area contributed by atoms with Gasteiger partial charge in [-0.25, -0.2) is 9.07 Å². The number of nitrogens with zero attached hydrogens (tertiary/aromatic N) is 3. The lowest BCUT2D eigenvalue weighted by Crippen LogP contribution is -2.21. The van der Waals surface area contributed by atoms with Crippen molar-refractivity contribution in [3.8, 4) is 0 Å². The zero-order valence-electron chi connectivity index (χ0n) is 17.9. The summed E-state index contributed by atoms with van der Waals surface area (Å²) in [5, 5.41) is 11.1. The molecule has 1 aromatic heterocycles. The molecule has 1 atom stereocenters. The fourth-order valence-electron chi connectivity index (χ4n) is 3.72. The third-order valence-electron chi connectivity index (χ3n) is 5.46. The Balaban J connectivity index is 1.55. The summed E-state index contributed by atoms with van der Waals surface area (Å²) in [6.45, 7) is 2.00. The van der Waals surface area contributed by atoms with Crippen LogP contribution in [-0.2, 0) is 0 Å². The molecule has 0 bridgehead atoms. The monoisotopic (exact) mass is 493 g/mol. The molecule has 0 radical (unpaired) electrons. The van der Waals surface area contributed by atoms with Gasteiger partial charge < -0.3 is 5.32 Å². The molecule has 6 nitrogen and oxygen atoms in total. The second-order valence-electron chi connectivity index (χ2n) is 7.82. The Kier molecular flexibility index (Phi) is 5.81. The molecular formula is C25H18Cl2FN5O. The first-order valence-corrected chi connectivity index (χ1v) is 11.2. The standard InChI is InChI=1S/C25H18Cl2FN5O/c1-14-5-7-15(8-6-14)20-13-21(22-18(27)3-2-4-19(22)28)33-25(29-20)31-24(32-33)30-23(34)16-9-11-17(26)12-10-16/h2-13,21H,1H3,(H2,29,30,31,32,34)/t21-/m1/s1. The van der Waals surface area contributed by atoms with E-state index in [-0.39, 0.29) is 16.5 Å². The Morgan fingerprint density at radius 3 is 2.50 bits per heavy atom. The predicted octanol–water partition coefficient (Wildman–Crippen LogP) is 6.34. The normalized spacial score (nSPS) is 14.7. The number of nitrogens with one attached hydrogen (secondary N) is 2. The highest BCUT2D eigenvalue weighted by Gasteiger charge is 2.29. The van der Waals surface area contributed by atoms with Crippen molar-refractivity contribution in [2.75, 3.05) is 10.6 Å². The van der Waals surface area contributed by atoms with Crippen molar-refractivity contribution in [1.82, 2.24) is 14.8 Å². The Bertz CT molecular complexity index is 1390. The number of hydrogen-bond donors (Lipinski definition) is 2. The van der Waals surface area contributed by atoms with Crippen molar-refractivity contribution < 1.29 is 9.18 Å². The minimum atomic E-state index is -0.685. The average Bonchev–Trinajstić information content (AvgIpc) is 3.22. The van der Waals surface area contributed by atoms with Crippen LogP contribution >= 0.6 is 23.2 Å². The number of allylic oxidation sites excluding steroid dienone is 1. The van der Waals surface area contributed by atoms with Crippen molar-refractivity contribution in [3.05, 3.63) is 111 Å². The summed E-state index contributed by atoms with van der Waals surface area (Å²) < 4.78 is 16.4. The summed E-state index contributed by atoms with van der Waals surface area (Å²) in [4.78, 5) is 17.1. The van der Waals surface area contributed by atoms with E-state index in [9.17, 15) is 9.18 Å². The van der Waals surface area contributed by atoms with Crippen LogP contribution in [0.4, 0.5) is 16.3 Å². The molecule has 0 fully saturated rings. The highest BCUT2D eigenvalue weighted by Crippen LogP contribution is 2.37. The van der Waals surface area contributed by atoms with Gasteiger partial charge in [-0.05, 0) is 55.0 Å². The van der Waals surface area contributed by atoms with E-state index in [1.807, 2.05) is 37.3 Å². The molecule has 2 heterocycles. The molecule has 1 amide bonds. The molecule has 0 unspecified atom stereocenters. The van der Waals surface area contributed by atoms with Gasteiger partial charge in [-0.3, -0.25) is 10.1 Å². The van der Waals surface area contributed by atoms with Gasteiger partial charge in [-0.15, -0.1) is 5.10 Å². The fourth-order valence-corrected chi connectivity index (χ4v) is 4.12. The molecule has 0 saturated heterocycles. The molecule has 0 saturated carbocycles. The van der Waals surface area contributed by atoms with Gasteiger partial charge in [0.2, 0.25) is 5.95 Å². The molecule has 3 aromatic carbocycles. The van der Waals surface area contributed by atoms with Gasteiger partial charge in [-0.2, -0.15) is 4.98 Å². The molecule has 1 aliphatic rings. The summed E-state index contributed by atoms with van der Waals surface area (Å²) in [6, 6.07) is 18.2. The number of hydrogen-bond acceptors (Lipinski definition) is 4. The van der Waals surface area contributed by atoms with E-state index in [1.54, 1.807) is 36.4 Å². The Hall–Kier alpha value is -3.68. The van der Waals surface area contributed by atoms with Gasteiger partial charge in [0.05, 0.1) is 0 Å². The molecule has 170 valence electrons. The molecule has 1 aliphatic heterocycles. The lowest BCUT2D eigenvalue weighted by molar-refractivity contribution is 0.102. The van der Waals surface area contributed by atoms with Gasteiger partial charge >= 0.3 is 0 Å². The molecule has 9 heteroatoms. The number of rotatable bonds is 4. The lowest BCUT2D eigenvalue weighted by Gasteiger charge is -2.25. The summed E-state index contributed by atoms with van der Waals surface area (Å²) in [7, 11) is 0. The number of carbonyl (C=O) groups excluding carboxylic acids is 1. The average molecular weight is 494 g/mol. The van der Waals surface area contributed by atoms with E-state index in [0.29, 0.717) is 16.5 Å². The minimum Gasteiger partial charge on any atom is -0.324 e. The summed E-state index contributed by atoms with van der Waals surface area (Å²) in [6.07, 6.45) is 1.83. The number of benzene rings is 3. The number of aryl methyl sites for hydroxylation is 1. The van der Waals surface area contributed by atoms with E-state index in [4.69, 9.17) is 23.2 Å². The third kappa shape index (κ3) is 4.27. The fraction of sp³-hybridized carbons (Fsp3) is 0.0800. The van der Waals surface area contributed by atoms with Crippen LogP contribution in [0, 0.1) is 12.7 Å². The summed E-state index contributed by atoms with van der Waals surface area (Å²) in [5.41, 5.74) is 3.39. The van der Waals surface area contributed by atoms with Crippen LogP contribution in [0.25, 0.3) is 5.70 Å². The summed E-state index contributed by atoms with van der Waals surface area (Å²) >= 11 is 12.3. The molecule has 0 aliphatic carbocycles. The Morgan fingerprint density at radius 2 is 1.79 bits per heavy atom. The van der Waals surface area contributed by atoms with E-state index in [0.717, 1.165) is 16.8 Å². The quantitative estimate of drug-likeness (QED) is 0.347. The third-order valence-corrected chi connectivity index (χ3v) is 6.04. The van der Waals surface area contributed by atoms with Crippen LogP contribution in [0.1, 0.15) is 33.1 Å². The Labute approximate surface area is 205 Å². The van der Waals surface area contributed by atoms with E-state index in [1.165, 1.54) is 10.7 Å². The van der Waals surface area contributed by atoms with Crippen molar-refractivity contribution in [1.29, 1.82) is 0 Å². The lowest BCUT2D eigenvalue weighted by atomic mass is 10.0. The number of aromatic nitrogens is 3. The zero-order valence-corrected chi connectivity index (χ0v) is 19.4. The minimum absolute atomic E-state index is 0.0680. The first-order chi connectivity index (χ1) is 16.4. The first kappa shape index (κ1) is 22.1. The maximum absolute atomic E-state index is 14.9. The zero-order chi connectivity index (χ0) is 23.8. The molecular weight excluding hydrogens is 476 g/mol.